The van der Waals surface area contributed by atoms with Crippen LogP contribution in [0, 0.1) is 6.92 Å². The van der Waals surface area contributed by atoms with Gasteiger partial charge in [0.15, 0.2) is 5.82 Å². The van der Waals surface area contributed by atoms with Gasteiger partial charge in [-0.3, -0.25) is 4.98 Å². The van der Waals surface area contributed by atoms with Gasteiger partial charge >= 0.3 is 0 Å². The molecule has 3 heterocycles. The van der Waals surface area contributed by atoms with Crippen LogP contribution in [0.15, 0.2) is 55.0 Å². The van der Waals surface area contributed by atoms with Crippen LogP contribution in [0.1, 0.15) is 30.0 Å². The van der Waals surface area contributed by atoms with E-state index in [4.69, 9.17) is 4.98 Å². The van der Waals surface area contributed by atoms with Gasteiger partial charge in [-0.15, -0.1) is 0 Å². The lowest BCUT2D eigenvalue weighted by Gasteiger charge is -2.25. The molecule has 3 aromatic rings. The fraction of sp³-hybridized carbons (Fsp3) is 0.286. The molecule has 2 aromatic heterocycles. The number of rotatable bonds is 3. The first-order valence-corrected chi connectivity index (χ1v) is 8.87. The third-order valence-electron chi connectivity index (χ3n) is 4.88. The van der Waals surface area contributed by atoms with Crippen LogP contribution in [0.3, 0.4) is 0 Å². The predicted octanol–water partition coefficient (Wildman–Crippen LogP) is 3.98. The zero-order valence-corrected chi connectivity index (χ0v) is 14.4. The Morgan fingerprint density at radius 3 is 2.64 bits per heavy atom. The average Bonchev–Trinajstić information content (AvgIpc) is 2.69. The minimum Gasteiger partial charge on any atom is -0.316 e. The number of aryl methyl sites for hydroxylation is 1. The van der Waals surface area contributed by atoms with Crippen molar-refractivity contribution in [2.24, 2.45) is 0 Å². The maximum Gasteiger partial charge on any atom is 0.159 e. The van der Waals surface area contributed by atoms with E-state index in [1.165, 1.54) is 24.0 Å². The lowest BCUT2D eigenvalue weighted by atomic mass is 9.89. The van der Waals surface area contributed by atoms with Gasteiger partial charge in [0.2, 0.25) is 0 Å². The molecule has 0 aliphatic carbocycles. The Morgan fingerprint density at radius 1 is 1.04 bits per heavy atom. The molecule has 4 nitrogen and oxygen atoms in total. The quantitative estimate of drug-likeness (QED) is 0.789. The average molecular weight is 330 g/mol. The molecule has 1 aliphatic rings. The van der Waals surface area contributed by atoms with E-state index in [1.807, 2.05) is 18.3 Å². The summed E-state index contributed by atoms with van der Waals surface area (Å²) in [7, 11) is 0. The van der Waals surface area contributed by atoms with Crippen molar-refractivity contribution in [2.45, 2.75) is 25.7 Å². The van der Waals surface area contributed by atoms with Crippen molar-refractivity contribution in [1.29, 1.82) is 0 Å². The molecule has 1 atom stereocenters. The van der Waals surface area contributed by atoms with Gasteiger partial charge in [0, 0.05) is 42.2 Å². The van der Waals surface area contributed by atoms with E-state index in [9.17, 15) is 0 Å². The van der Waals surface area contributed by atoms with Gasteiger partial charge in [0.1, 0.15) is 0 Å². The smallest absolute Gasteiger partial charge is 0.159 e. The van der Waals surface area contributed by atoms with E-state index in [0.29, 0.717) is 5.92 Å². The highest BCUT2D eigenvalue weighted by molar-refractivity contribution is 5.70. The second-order valence-electron chi connectivity index (χ2n) is 6.59. The van der Waals surface area contributed by atoms with Gasteiger partial charge in [0.05, 0.1) is 5.69 Å². The highest BCUT2D eigenvalue weighted by Gasteiger charge is 2.22. The summed E-state index contributed by atoms with van der Waals surface area (Å²) >= 11 is 0. The van der Waals surface area contributed by atoms with Crippen LogP contribution < -0.4 is 5.32 Å². The van der Waals surface area contributed by atoms with Crippen molar-refractivity contribution in [1.82, 2.24) is 20.3 Å². The molecule has 1 fully saturated rings. The lowest BCUT2D eigenvalue weighted by molar-refractivity contribution is 0.455. The summed E-state index contributed by atoms with van der Waals surface area (Å²) in [6.07, 6.45) is 7.92. The summed E-state index contributed by atoms with van der Waals surface area (Å²) in [6.45, 7) is 4.22. The molecule has 1 unspecified atom stereocenters. The van der Waals surface area contributed by atoms with Gasteiger partial charge in [-0.1, -0.05) is 24.3 Å². The molecule has 4 rings (SSSR count). The van der Waals surface area contributed by atoms with E-state index in [0.717, 1.165) is 35.7 Å². The zero-order chi connectivity index (χ0) is 17.1. The fourth-order valence-corrected chi connectivity index (χ4v) is 3.51. The van der Waals surface area contributed by atoms with Crippen LogP contribution in [0.25, 0.3) is 22.5 Å². The molecule has 1 aromatic carbocycles. The fourth-order valence-electron chi connectivity index (χ4n) is 3.51. The molecule has 0 spiro atoms. The number of aromatic nitrogens is 3. The zero-order valence-electron chi connectivity index (χ0n) is 14.4. The number of piperidine rings is 1. The van der Waals surface area contributed by atoms with Gasteiger partial charge in [0.25, 0.3) is 0 Å². The van der Waals surface area contributed by atoms with E-state index in [-0.39, 0.29) is 0 Å². The van der Waals surface area contributed by atoms with Crippen LogP contribution in [0.4, 0.5) is 0 Å². The molecule has 1 aliphatic heterocycles. The molecule has 0 bridgehead atoms. The lowest BCUT2D eigenvalue weighted by Crippen LogP contribution is -2.29. The normalized spacial score (nSPS) is 17.4. The molecule has 25 heavy (non-hydrogen) atoms. The van der Waals surface area contributed by atoms with Crippen molar-refractivity contribution < 1.29 is 0 Å². The number of nitrogens with zero attached hydrogens (tertiary/aromatic N) is 3. The van der Waals surface area contributed by atoms with Crippen LogP contribution in [-0.2, 0) is 0 Å². The van der Waals surface area contributed by atoms with Crippen LogP contribution in [0.5, 0.6) is 0 Å². The third kappa shape index (κ3) is 3.30. The Hall–Kier alpha value is -2.59. The molecular weight excluding hydrogens is 308 g/mol. The molecular formula is C21H22N4. The minimum absolute atomic E-state index is 0.423. The molecule has 0 saturated carbocycles. The summed E-state index contributed by atoms with van der Waals surface area (Å²) in [4.78, 5) is 13.8. The van der Waals surface area contributed by atoms with Crippen LogP contribution in [-0.4, -0.2) is 28.0 Å². The Bertz CT molecular complexity index is 855. The highest BCUT2D eigenvalue weighted by atomic mass is 14.9. The van der Waals surface area contributed by atoms with Crippen molar-refractivity contribution in [2.75, 3.05) is 13.1 Å². The van der Waals surface area contributed by atoms with Gasteiger partial charge in [-0.2, -0.15) is 0 Å². The van der Waals surface area contributed by atoms with E-state index in [2.05, 4.69) is 46.5 Å². The summed E-state index contributed by atoms with van der Waals surface area (Å²) in [5.41, 5.74) is 5.81. The molecule has 0 radical (unpaired) electrons. The van der Waals surface area contributed by atoms with Crippen molar-refractivity contribution in [3.05, 3.63) is 66.2 Å². The number of nitrogens with one attached hydrogen (secondary N) is 1. The largest absolute Gasteiger partial charge is 0.316 e. The van der Waals surface area contributed by atoms with Crippen molar-refractivity contribution in [3.8, 4) is 22.5 Å². The van der Waals surface area contributed by atoms with E-state index in [1.54, 1.807) is 12.4 Å². The summed E-state index contributed by atoms with van der Waals surface area (Å²) < 4.78 is 0. The van der Waals surface area contributed by atoms with Gasteiger partial charge in [-0.05, 0) is 49.6 Å². The Balaban J connectivity index is 1.84. The first-order valence-electron chi connectivity index (χ1n) is 8.87. The molecule has 126 valence electrons. The van der Waals surface area contributed by atoms with Crippen LogP contribution >= 0.6 is 0 Å². The number of benzene rings is 1. The first-order chi connectivity index (χ1) is 12.3. The molecule has 1 N–H and O–H groups in total. The standard InChI is InChI=1S/C21H22N4/c1-15-5-2-3-7-18(15)19-14-24-21(16-8-11-22-12-9-16)25-20(19)17-6-4-10-23-13-17/h2-3,5,7-9,11-12,14,17,23H,4,6,10,13H2,1H3. The maximum absolute atomic E-state index is 5.01. The Morgan fingerprint density at radius 2 is 1.88 bits per heavy atom. The van der Waals surface area contributed by atoms with Crippen molar-refractivity contribution in [3.63, 3.8) is 0 Å². The summed E-state index contributed by atoms with van der Waals surface area (Å²) in [5, 5.41) is 3.52. The topological polar surface area (TPSA) is 50.7 Å². The SMILES string of the molecule is Cc1ccccc1-c1cnc(-c2ccncc2)nc1C1CCCNC1. The van der Waals surface area contributed by atoms with Crippen LogP contribution in [0.2, 0.25) is 0 Å². The Kier molecular flexibility index (Phi) is 4.53. The third-order valence-corrected chi connectivity index (χ3v) is 4.88. The van der Waals surface area contributed by atoms with Gasteiger partial charge in [-0.25, -0.2) is 9.97 Å². The molecule has 0 amide bonds. The van der Waals surface area contributed by atoms with Crippen molar-refractivity contribution >= 4 is 0 Å². The minimum atomic E-state index is 0.423. The number of pyridine rings is 1. The molecule has 1 saturated heterocycles. The monoisotopic (exact) mass is 330 g/mol. The molecule has 4 heteroatoms. The second-order valence-corrected chi connectivity index (χ2v) is 6.59. The highest BCUT2D eigenvalue weighted by Crippen LogP contribution is 2.33. The first kappa shape index (κ1) is 15.9. The summed E-state index contributed by atoms with van der Waals surface area (Å²) in [6, 6.07) is 12.4. The second kappa shape index (κ2) is 7.11. The van der Waals surface area contributed by atoms with E-state index < -0.39 is 0 Å². The number of hydrogen-bond donors (Lipinski definition) is 1. The summed E-state index contributed by atoms with van der Waals surface area (Å²) in [5.74, 6) is 1.20. The Labute approximate surface area is 148 Å². The predicted molar refractivity (Wildman–Crippen MR) is 100 cm³/mol. The maximum atomic E-state index is 5.01. The number of hydrogen-bond acceptors (Lipinski definition) is 4. The van der Waals surface area contributed by atoms with E-state index >= 15 is 0 Å². The van der Waals surface area contributed by atoms with Gasteiger partial charge < -0.3 is 5.32 Å².